The zero-order chi connectivity index (χ0) is 13.0. The van der Waals surface area contributed by atoms with Gasteiger partial charge in [0.2, 0.25) is 0 Å². The summed E-state index contributed by atoms with van der Waals surface area (Å²) in [5.74, 6) is -1.19. The largest absolute Gasteiger partial charge is 0.545 e. The number of carboxylic acids is 1. The van der Waals surface area contributed by atoms with Crippen molar-refractivity contribution in [3.8, 4) is 0 Å². The number of carboxylic acid groups (broad SMARTS) is 1. The number of rotatable bonds is 4. The highest BCUT2D eigenvalue weighted by molar-refractivity contribution is 9.11. The Labute approximate surface area is 116 Å². The number of nitrogens with zero attached hydrogens (tertiary/aromatic N) is 1. The molecule has 0 aliphatic rings. The standard InChI is InChI=1S/C12H9BrN2O2S/c13-11-6-5-10(18-11)7-14-15-9-3-1-8(2-4-9)12(16)17/h1-7,15H,(H,16,17)/p-1/b14-7-. The summed E-state index contributed by atoms with van der Waals surface area (Å²) < 4.78 is 1.04. The molecule has 1 aromatic heterocycles. The highest BCUT2D eigenvalue weighted by Gasteiger charge is 1.95. The summed E-state index contributed by atoms with van der Waals surface area (Å²) in [7, 11) is 0. The summed E-state index contributed by atoms with van der Waals surface area (Å²) in [4.78, 5) is 11.6. The SMILES string of the molecule is O=C([O-])c1ccc(N/N=C\c2ccc(Br)s2)cc1. The predicted octanol–water partition coefficient (Wildman–Crippen LogP) is 2.32. The van der Waals surface area contributed by atoms with Crippen LogP contribution in [0.3, 0.4) is 0 Å². The molecule has 1 aromatic carbocycles. The summed E-state index contributed by atoms with van der Waals surface area (Å²) in [5.41, 5.74) is 3.68. The quantitative estimate of drug-likeness (QED) is 0.693. The fourth-order valence-corrected chi connectivity index (χ4v) is 2.54. The van der Waals surface area contributed by atoms with Crippen LogP contribution in [0.25, 0.3) is 0 Å². The molecule has 4 nitrogen and oxygen atoms in total. The highest BCUT2D eigenvalue weighted by Crippen LogP contribution is 2.20. The molecule has 2 aromatic rings. The molecule has 0 amide bonds. The molecular weight excluding hydrogens is 316 g/mol. The first-order chi connectivity index (χ1) is 8.65. The van der Waals surface area contributed by atoms with Crippen molar-refractivity contribution in [2.75, 3.05) is 5.43 Å². The Balaban J connectivity index is 1.98. The van der Waals surface area contributed by atoms with E-state index < -0.39 is 5.97 Å². The maximum Gasteiger partial charge on any atom is 0.0715 e. The van der Waals surface area contributed by atoms with Crippen molar-refractivity contribution in [3.05, 3.63) is 50.6 Å². The summed E-state index contributed by atoms with van der Waals surface area (Å²) in [5, 5.41) is 14.6. The van der Waals surface area contributed by atoms with Crippen molar-refractivity contribution in [1.29, 1.82) is 0 Å². The molecule has 0 bridgehead atoms. The van der Waals surface area contributed by atoms with Crippen LogP contribution in [0.15, 0.2) is 45.3 Å². The maximum atomic E-state index is 10.5. The van der Waals surface area contributed by atoms with Crippen molar-refractivity contribution in [2.24, 2.45) is 5.10 Å². The number of benzene rings is 1. The van der Waals surface area contributed by atoms with Crippen LogP contribution in [-0.2, 0) is 0 Å². The summed E-state index contributed by atoms with van der Waals surface area (Å²) in [6.45, 7) is 0. The van der Waals surface area contributed by atoms with Gasteiger partial charge in [-0.3, -0.25) is 5.43 Å². The average Bonchev–Trinajstić information content (AvgIpc) is 2.76. The second kappa shape index (κ2) is 5.79. The molecule has 18 heavy (non-hydrogen) atoms. The minimum absolute atomic E-state index is 0.145. The van der Waals surface area contributed by atoms with Crippen LogP contribution in [0.2, 0.25) is 0 Å². The first-order valence-corrected chi connectivity index (χ1v) is 6.62. The van der Waals surface area contributed by atoms with Gasteiger partial charge < -0.3 is 9.90 Å². The zero-order valence-electron chi connectivity index (χ0n) is 9.09. The summed E-state index contributed by atoms with van der Waals surface area (Å²) >= 11 is 4.94. The Morgan fingerprint density at radius 1 is 1.28 bits per heavy atom. The highest BCUT2D eigenvalue weighted by atomic mass is 79.9. The van der Waals surface area contributed by atoms with E-state index in [0.29, 0.717) is 5.69 Å². The maximum absolute atomic E-state index is 10.5. The van der Waals surface area contributed by atoms with E-state index >= 15 is 0 Å². The molecule has 0 spiro atoms. The molecule has 0 aliphatic carbocycles. The lowest BCUT2D eigenvalue weighted by Gasteiger charge is -2.03. The molecule has 0 unspecified atom stereocenters. The number of thiophene rings is 1. The predicted molar refractivity (Wildman–Crippen MR) is 74.0 cm³/mol. The second-order valence-electron chi connectivity index (χ2n) is 3.38. The summed E-state index contributed by atoms with van der Waals surface area (Å²) in [6, 6.07) is 10.1. The first-order valence-electron chi connectivity index (χ1n) is 5.01. The normalized spacial score (nSPS) is 10.7. The molecule has 0 fully saturated rings. The van der Waals surface area contributed by atoms with Crippen molar-refractivity contribution in [3.63, 3.8) is 0 Å². The number of hydrogen-bond acceptors (Lipinski definition) is 5. The van der Waals surface area contributed by atoms with Gasteiger partial charge in [0.05, 0.1) is 21.7 Å². The number of hydrazone groups is 1. The minimum Gasteiger partial charge on any atom is -0.545 e. The van der Waals surface area contributed by atoms with Crippen LogP contribution >= 0.6 is 27.3 Å². The Bertz CT molecular complexity index is 578. The minimum atomic E-state index is -1.19. The topological polar surface area (TPSA) is 64.5 Å². The lowest BCUT2D eigenvalue weighted by molar-refractivity contribution is -0.255. The first kappa shape index (κ1) is 12.8. The van der Waals surface area contributed by atoms with Gasteiger partial charge in [0.1, 0.15) is 0 Å². The number of hydrogen-bond donors (Lipinski definition) is 1. The van der Waals surface area contributed by atoms with E-state index in [0.717, 1.165) is 8.66 Å². The fraction of sp³-hybridized carbons (Fsp3) is 0. The number of carbonyl (C=O) groups is 1. The third-order valence-electron chi connectivity index (χ3n) is 2.10. The fourth-order valence-electron chi connectivity index (χ4n) is 1.25. The lowest BCUT2D eigenvalue weighted by Crippen LogP contribution is -2.21. The molecule has 92 valence electrons. The average molecular weight is 324 g/mol. The molecule has 0 radical (unpaired) electrons. The van der Waals surface area contributed by atoms with E-state index in [1.165, 1.54) is 12.1 Å². The number of halogens is 1. The third-order valence-corrected chi connectivity index (χ3v) is 3.66. The molecule has 2 rings (SSSR count). The molecule has 0 saturated heterocycles. The number of carbonyl (C=O) groups excluding carboxylic acids is 1. The molecule has 0 aliphatic heterocycles. The van der Waals surface area contributed by atoms with Gasteiger partial charge in [0.25, 0.3) is 0 Å². The second-order valence-corrected chi connectivity index (χ2v) is 5.87. The Morgan fingerprint density at radius 3 is 2.56 bits per heavy atom. The van der Waals surface area contributed by atoms with E-state index in [1.54, 1.807) is 29.7 Å². The van der Waals surface area contributed by atoms with Gasteiger partial charge in [-0.2, -0.15) is 5.10 Å². The van der Waals surface area contributed by atoms with E-state index in [-0.39, 0.29) is 5.56 Å². The summed E-state index contributed by atoms with van der Waals surface area (Å²) in [6.07, 6.45) is 1.70. The van der Waals surface area contributed by atoms with Gasteiger partial charge in [-0.1, -0.05) is 12.1 Å². The van der Waals surface area contributed by atoms with Crippen molar-refractivity contribution in [2.45, 2.75) is 0 Å². The van der Waals surface area contributed by atoms with Crippen LogP contribution in [0, 0.1) is 0 Å². The molecule has 1 heterocycles. The van der Waals surface area contributed by atoms with Crippen LogP contribution in [-0.4, -0.2) is 12.2 Å². The molecule has 1 N–H and O–H groups in total. The van der Waals surface area contributed by atoms with Gasteiger partial charge in [0, 0.05) is 4.88 Å². The smallest absolute Gasteiger partial charge is 0.0715 e. The van der Waals surface area contributed by atoms with E-state index in [9.17, 15) is 9.90 Å². The number of aromatic carboxylic acids is 1. The number of anilines is 1. The lowest BCUT2D eigenvalue weighted by atomic mass is 10.2. The van der Waals surface area contributed by atoms with Crippen LogP contribution in [0.5, 0.6) is 0 Å². The van der Waals surface area contributed by atoms with Gasteiger partial charge in [-0.15, -0.1) is 11.3 Å². The van der Waals surface area contributed by atoms with Crippen molar-refractivity contribution in [1.82, 2.24) is 0 Å². The Hall–Kier alpha value is -1.66. The Morgan fingerprint density at radius 2 is 2.00 bits per heavy atom. The van der Waals surface area contributed by atoms with Crippen molar-refractivity contribution < 1.29 is 9.90 Å². The third kappa shape index (κ3) is 3.41. The Kier molecular flexibility index (Phi) is 4.11. The molecule has 0 saturated carbocycles. The monoisotopic (exact) mass is 323 g/mol. The van der Waals surface area contributed by atoms with E-state index in [2.05, 4.69) is 26.5 Å². The number of nitrogens with one attached hydrogen (secondary N) is 1. The van der Waals surface area contributed by atoms with Crippen LogP contribution in [0.1, 0.15) is 15.2 Å². The molecular formula is C12H8BrN2O2S-. The van der Waals surface area contributed by atoms with E-state index in [1.807, 2.05) is 12.1 Å². The molecule has 6 heteroatoms. The van der Waals surface area contributed by atoms with Crippen LogP contribution in [0.4, 0.5) is 5.69 Å². The molecule has 0 atom stereocenters. The van der Waals surface area contributed by atoms with Gasteiger partial charge in [-0.25, -0.2) is 0 Å². The van der Waals surface area contributed by atoms with Gasteiger partial charge in [0.15, 0.2) is 0 Å². The van der Waals surface area contributed by atoms with Crippen molar-refractivity contribution >= 4 is 45.1 Å². The van der Waals surface area contributed by atoms with Gasteiger partial charge >= 0.3 is 0 Å². The zero-order valence-corrected chi connectivity index (χ0v) is 11.5. The van der Waals surface area contributed by atoms with Crippen LogP contribution < -0.4 is 10.5 Å². The van der Waals surface area contributed by atoms with E-state index in [4.69, 9.17) is 0 Å². The van der Waals surface area contributed by atoms with Gasteiger partial charge in [-0.05, 0) is 45.8 Å².